The van der Waals surface area contributed by atoms with Crippen molar-refractivity contribution in [1.82, 2.24) is 0 Å². The summed E-state index contributed by atoms with van der Waals surface area (Å²) in [7, 11) is 0. The fourth-order valence-electron chi connectivity index (χ4n) is 2.14. The summed E-state index contributed by atoms with van der Waals surface area (Å²) in [6, 6.07) is 0. The zero-order valence-electron chi connectivity index (χ0n) is 22.3. The third-order valence-corrected chi connectivity index (χ3v) is 3.86. The van der Waals surface area contributed by atoms with Crippen molar-refractivity contribution >= 4 is 105 Å². The summed E-state index contributed by atoms with van der Waals surface area (Å²) in [5.74, 6) is -15.1. The largest absolute Gasteiger partial charge is 1.00 e. The Morgan fingerprint density at radius 2 is 0.463 bits per heavy atom. The third-order valence-electron chi connectivity index (χ3n) is 3.86. The van der Waals surface area contributed by atoms with Gasteiger partial charge in [0, 0.05) is 51.4 Å². The maximum atomic E-state index is 10.3. The summed E-state index contributed by atoms with van der Waals surface area (Å²) in [5.41, 5.74) is -8.22. The molecule has 0 amide bonds. The van der Waals surface area contributed by atoms with Gasteiger partial charge in [0.15, 0.2) is 16.8 Å². The minimum absolute atomic E-state index is 0. The Labute approximate surface area is 293 Å². The molecule has 1 radical (unpaired) electrons. The predicted molar refractivity (Wildman–Crippen MR) is 118 cm³/mol. The SMILES string of the molecule is O=C(O)CC(O)(CC(=O)O)C(=O)O.O=C(O)CC(O)(CC(=O)O)C(=O)O.O=C(O)CC(O)(CC(=O)O)C(=O)O.[H-].[K].[Na+]. The monoisotopic (exact) mass is 639 g/mol. The van der Waals surface area contributed by atoms with E-state index in [0.29, 0.717) is 0 Å². The molecule has 41 heavy (non-hydrogen) atoms. The molecule has 23 heteroatoms. The van der Waals surface area contributed by atoms with Crippen molar-refractivity contribution < 1.29 is 135 Å². The van der Waals surface area contributed by atoms with E-state index in [2.05, 4.69) is 0 Å². The van der Waals surface area contributed by atoms with Crippen molar-refractivity contribution in [2.75, 3.05) is 0 Å². The van der Waals surface area contributed by atoms with Crippen LogP contribution in [-0.4, -0.2) is 183 Å². The maximum absolute atomic E-state index is 10.3. The van der Waals surface area contributed by atoms with Crippen LogP contribution < -0.4 is 29.6 Å². The van der Waals surface area contributed by atoms with E-state index in [9.17, 15) is 43.2 Å². The van der Waals surface area contributed by atoms with Crippen LogP contribution in [0.4, 0.5) is 0 Å². The molecule has 0 atom stereocenters. The Hall–Kier alpha value is -2.25. The molecule has 225 valence electrons. The van der Waals surface area contributed by atoms with Crippen molar-refractivity contribution in [2.45, 2.75) is 55.3 Å². The minimum atomic E-state index is -2.74. The smallest absolute Gasteiger partial charge is 1.00 e. The summed E-state index contributed by atoms with van der Waals surface area (Å²) in [4.78, 5) is 91.5. The fourth-order valence-corrected chi connectivity index (χ4v) is 2.14. The van der Waals surface area contributed by atoms with Gasteiger partial charge in [-0.05, 0) is 0 Å². The van der Waals surface area contributed by atoms with Crippen LogP contribution in [0.15, 0.2) is 0 Å². The van der Waals surface area contributed by atoms with Gasteiger partial charge in [-0.2, -0.15) is 0 Å². The van der Waals surface area contributed by atoms with Gasteiger partial charge in [0.1, 0.15) is 0 Å². The summed E-state index contributed by atoms with van der Waals surface area (Å²) in [5, 5.41) is 101. The number of hydrogen-bond donors (Lipinski definition) is 12. The van der Waals surface area contributed by atoms with Crippen molar-refractivity contribution in [2.24, 2.45) is 0 Å². The first kappa shape index (κ1) is 48.5. The molecule has 0 bridgehead atoms. The van der Waals surface area contributed by atoms with E-state index in [1.54, 1.807) is 0 Å². The third kappa shape index (κ3) is 23.0. The van der Waals surface area contributed by atoms with E-state index in [4.69, 9.17) is 61.3 Å². The molecule has 0 aromatic heterocycles. The van der Waals surface area contributed by atoms with Gasteiger partial charge in [0.05, 0.1) is 38.5 Å². The zero-order valence-corrected chi connectivity index (χ0v) is 26.4. The molecule has 21 nitrogen and oxygen atoms in total. The van der Waals surface area contributed by atoms with E-state index in [-0.39, 0.29) is 82.4 Å². The summed E-state index contributed by atoms with van der Waals surface area (Å²) in [6.45, 7) is 0. The Kier molecular flexibility index (Phi) is 25.4. The fraction of sp³-hybridized carbons (Fsp3) is 0.500. The molecule has 12 N–H and O–H groups in total. The molecule has 0 saturated heterocycles. The second kappa shape index (κ2) is 21.4. The normalized spacial score (nSPS) is 10.3. The van der Waals surface area contributed by atoms with Crippen LogP contribution in [0.2, 0.25) is 0 Å². The van der Waals surface area contributed by atoms with Gasteiger partial charge in [-0.3, -0.25) is 28.8 Å². The van der Waals surface area contributed by atoms with E-state index in [1.807, 2.05) is 0 Å². The first-order chi connectivity index (χ1) is 17.3. The van der Waals surface area contributed by atoms with Crippen molar-refractivity contribution in [3.8, 4) is 0 Å². The van der Waals surface area contributed by atoms with Crippen LogP contribution >= 0.6 is 0 Å². The van der Waals surface area contributed by atoms with Crippen LogP contribution in [-0.2, 0) is 43.2 Å². The quantitative estimate of drug-likeness (QED) is 0.0740. The molecule has 0 aliphatic rings. The minimum Gasteiger partial charge on any atom is -1.00 e. The number of aliphatic hydroxyl groups is 3. The van der Waals surface area contributed by atoms with Gasteiger partial charge < -0.3 is 62.7 Å². The topological polar surface area (TPSA) is 396 Å². The van der Waals surface area contributed by atoms with Crippen LogP contribution in [0.1, 0.15) is 40.0 Å². The van der Waals surface area contributed by atoms with E-state index in [0.717, 1.165) is 0 Å². The number of carbonyl (C=O) groups is 9. The number of rotatable bonds is 15. The van der Waals surface area contributed by atoms with Gasteiger partial charge in [0.25, 0.3) is 0 Å². The summed E-state index contributed by atoms with van der Waals surface area (Å²) >= 11 is 0. The van der Waals surface area contributed by atoms with Crippen LogP contribution in [0.5, 0.6) is 0 Å². The van der Waals surface area contributed by atoms with E-state index >= 15 is 0 Å². The van der Waals surface area contributed by atoms with Crippen LogP contribution in [0.25, 0.3) is 0 Å². The zero-order chi connectivity index (χ0) is 31.9. The molecule has 0 aromatic rings. The second-order valence-corrected chi connectivity index (χ2v) is 7.43. The average Bonchev–Trinajstić information content (AvgIpc) is 2.64. The molecule has 0 aliphatic heterocycles. The van der Waals surface area contributed by atoms with E-state index < -0.39 is 109 Å². The number of carboxylic acids is 9. The Morgan fingerprint density at radius 3 is 0.512 bits per heavy atom. The van der Waals surface area contributed by atoms with Gasteiger partial charge >= 0.3 is 83.3 Å². The molecule has 0 aliphatic carbocycles. The van der Waals surface area contributed by atoms with Gasteiger partial charge in [0.2, 0.25) is 0 Å². The Balaban J connectivity index is -0.000000112. The van der Waals surface area contributed by atoms with Crippen LogP contribution in [0.3, 0.4) is 0 Å². The van der Waals surface area contributed by atoms with Crippen molar-refractivity contribution in [1.29, 1.82) is 0 Å². The molecule has 0 aromatic carbocycles. The van der Waals surface area contributed by atoms with Gasteiger partial charge in [-0.1, -0.05) is 0 Å². The first-order valence-corrected chi connectivity index (χ1v) is 9.51. The Bertz CT molecular complexity index is 826. The van der Waals surface area contributed by atoms with Gasteiger partial charge in [-0.15, -0.1) is 0 Å². The molecular formula is C18H25KNaO21. The van der Waals surface area contributed by atoms with Crippen molar-refractivity contribution in [3.05, 3.63) is 0 Å². The number of carboxylic acid groups (broad SMARTS) is 9. The molecule has 0 fully saturated rings. The second-order valence-electron chi connectivity index (χ2n) is 7.43. The molecular weight excluding hydrogens is 614 g/mol. The molecule has 0 saturated carbocycles. The summed E-state index contributed by atoms with van der Waals surface area (Å²) < 4.78 is 0. The van der Waals surface area contributed by atoms with Crippen LogP contribution in [0, 0.1) is 0 Å². The predicted octanol–water partition coefficient (Wildman–Crippen LogP) is -7.01. The molecule has 0 heterocycles. The molecule has 0 rings (SSSR count). The van der Waals surface area contributed by atoms with Crippen molar-refractivity contribution in [3.63, 3.8) is 0 Å². The Morgan fingerprint density at radius 1 is 0.366 bits per heavy atom. The maximum Gasteiger partial charge on any atom is 1.00 e. The molecule has 0 spiro atoms. The first-order valence-electron chi connectivity index (χ1n) is 9.51. The summed E-state index contributed by atoms with van der Waals surface area (Å²) in [6.07, 6.45) is -6.87. The van der Waals surface area contributed by atoms with E-state index in [1.165, 1.54) is 0 Å². The average molecular weight is 639 g/mol. The van der Waals surface area contributed by atoms with Gasteiger partial charge in [-0.25, -0.2) is 14.4 Å². The molecule has 0 unspecified atom stereocenters. The number of hydrogen-bond acceptors (Lipinski definition) is 12. The standard InChI is InChI=1S/3C6H8O7.K.Na.H/c3*7-3(8)1-6(13,5(11)12)2-4(9)10;;;/h3*13H,1-2H2,(H,7,8)(H,9,10)(H,11,12);;;/q;;;;+1;-1. The number of aliphatic carboxylic acids is 9.